The van der Waals surface area contributed by atoms with Gasteiger partial charge in [0.15, 0.2) is 0 Å². The van der Waals surface area contributed by atoms with Gasteiger partial charge < -0.3 is 10.2 Å². The number of nitrogens with one attached hydrogen (secondary N) is 1. The maximum atomic E-state index is 12.3. The minimum atomic E-state index is -0.406. The van der Waals surface area contributed by atoms with Gasteiger partial charge in [-0.15, -0.1) is 0 Å². The number of benzene rings is 1. The van der Waals surface area contributed by atoms with Crippen molar-refractivity contribution >= 4 is 17.3 Å². The van der Waals surface area contributed by atoms with Crippen molar-refractivity contribution < 1.29 is 9.72 Å². The molecule has 0 saturated carbocycles. The van der Waals surface area contributed by atoms with Crippen molar-refractivity contribution in [2.75, 3.05) is 18.0 Å². The lowest BCUT2D eigenvalue weighted by Crippen LogP contribution is -2.38. The van der Waals surface area contributed by atoms with Crippen molar-refractivity contribution in [1.29, 1.82) is 0 Å². The molecule has 0 radical (unpaired) electrons. The second kappa shape index (κ2) is 6.00. The first-order chi connectivity index (χ1) is 9.54. The largest absolute Gasteiger partial charge is 0.311 e. The van der Waals surface area contributed by atoms with Crippen LogP contribution < -0.4 is 10.2 Å². The van der Waals surface area contributed by atoms with Crippen LogP contribution in [0.25, 0.3) is 0 Å². The minimum absolute atomic E-state index is 0.0479. The van der Waals surface area contributed by atoms with Crippen LogP contribution in [0.4, 0.5) is 11.4 Å². The number of hydrogen-bond donors (Lipinski definition) is 1. The van der Waals surface area contributed by atoms with E-state index < -0.39 is 4.92 Å². The van der Waals surface area contributed by atoms with Crippen molar-refractivity contribution in [2.24, 2.45) is 0 Å². The summed E-state index contributed by atoms with van der Waals surface area (Å²) in [5.74, 6) is 0.0479. The number of carbonyl (C=O) groups excluding carboxylic acids is 1. The number of rotatable bonds is 5. The molecule has 1 aromatic carbocycles. The molecule has 2 rings (SSSR count). The van der Waals surface area contributed by atoms with Crippen molar-refractivity contribution in [1.82, 2.24) is 5.32 Å². The average molecular weight is 277 g/mol. The number of amides is 1. The lowest BCUT2D eigenvalue weighted by molar-refractivity contribution is -0.385. The number of nitrogens with zero attached hydrogens (tertiary/aromatic N) is 2. The molecule has 1 fully saturated rings. The zero-order valence-electron chi connectivity index (χ0n) is 11.8. The zero-order chi connectivity index (χ0) is 14.7. The molecule has 6 heteroatoms. The first-order valence-corrected chi connectivity index (χ1v) is 6.84. The van der Waals surface area contributed by atoms with Crippen LogP contribution in [0.1, 0.15) is 25.3 Å². The summed E-state index contributed by atoms with van der Waals surface area (Å²) in [7, 11) is 0. The van der Waals surface area contributed by atoms with Crippen LogP contribution in [-0.2, 0) is 4.79 Å². The number of aryl methyl sites for hydroxylation is 1. The summed E-state index contributed by atoms with van der Waals surface area (Å²) in [5, 5.41) is 14.0. The first-order valence-electron chi connectivity index (χ1n) is 6.84. The molecule has 1 aliphatic heterocycles. The second-order valence-corrected chi connectivity index (χ2v) is 5.01. The number of carbonyl (C=O) groups is 1. The number of nitro groups is 1. The maximum Gasteiger partial charge on any atom is 0.272 e. The summed E-state index contributed by atoms with van der Waals surface area (Å²) in [5.41, 5.74) is 1.39. The Kier molecular flexibility index (Phi) is 4.34. The fourth-order valence-corrected chi connectivity index (χ4v) is 2.46. The van der Waals surface area contributed by atoms with E-state index in [0.29, 0.717) is 12.1 Å². The van der Waals surface area contributed by atoms with Gasteiger partial charge in [0.2, 0.25) is 5.91 Å². The van der Waals surface area contributed by atoms with Gasteiger partial charge in [-0.05, 0) is 38.4 Å². The van der Waals surface area contributed by atoms with Crippen LogP contribution in [-0.4, -0.2) is 30.0 Å². The summed E-state index contributed by atoms with van der Waals surface area (Å²) in [6.45, 7) is 5.22. The van der Waals surface area contributed by atoms with E-state index in [2.05, 4.69) is 12.2 Å². The molecule has 0 aliphatic carbocycles. The molecular weight excluding hydrogens is 258 g/mol. The summed E-state index contributed by atoms with van der Waals surface area (Å²) in [6.07, 6.45) is 1.76. The summed E-state index contributed by atoms with van der Waals surface area (Å²) >= 11 is 0. The standard InChI is InChI=1S/C14H19N3O3/c1-3-7-15-12-6-8-16(14(12)18)11-4-5-13(17(19)20)10(2)9-11/h4-5,9,12,15H,3,6-8H2,1-2H3. The van der Waals surface area contributed by atoms with E-state index in [-0.39, 0.29) is 17.6 Å². The van der Waals surface area contributed by atoms with Gasteiger partial charge in [0.1, 0.15) is 0 Å². The predicted molar refractivity (Wildman–Crippen MR) is 76.9 cm³/mol. The topological polar surface area (TPSA) is 75.5 Å². The molecule has 0 aromatic heterocycles. The third-order valence-electron chi connectivity index (χ3n) is 3.53. The Morgan fingerprint density at radius 3 is 2.85 bits per heavy atom. The summed E-state index contributed by atoms with van der Waals surface area (Å²) < 4.78 is 0. The smallest absolute Gasteiger partial charge is 0.272 e. The molecule has 108 valence electrons. The maximum absolute atomic E-state index is 12.3. The SMILES string of the molecule is CCCNC1CCN(c2ccc([N+](=O)[O-])c(C)c2)C1=O. The third-order valence-corrected chi connectivity index (χ3v) is 3.53. The monoisotopic (exact) mass is 277 g/mol. The molecule has 1 aliphatic rings. The molecule has 0 spiro atoms. The van der Waals surface area contributed by atoms with Crippen LogP contribution in [0.2, 0.25) is 0 Å². The van der Waals surface area contributed by atoms with E-state index in [0.717, 1.165) is 25.1 Å². The predicted octanol–water partition coefficient (Wildman–Crippen LogP) is 2.01. The van der Waals surface area contributed by atoms with Crippen molar-refractivity contribution in [3.8, 4) is 0 Å². The van der Waals surface area contributed by atoms with Gasteiger partial charge in [0, 0.05) is 23.9 Å². The van der Waals surface area contributed by atoms with Gasteiger partial charge in [-0.25, -0.2) is 0 Å². The summed E-state index contributed by atoms with van der Waals surface area (Å²) in [6, 6.07) is 4.68. The van der Waals surface area contributed by atoms with Crippen molar-refractivity contribution in [2.45, 2.75) is 32.7 Å². The van der Waals surface area contributed by atoms with E-state index in [1.165, 1.54) is 6.07 Å². The van der Waals surface area contributed by atoms with Gasteiger partial charge in [0.25, 0.3) is 5.69 Å². The number of anilines is 1. The van der Waals surface area contributed by atoms with Gasteiger partial charge in [-0.1, -0.05) is 6.92 Å². The fourth-order valence-electron chi connectivity index (χ4n) is 2.46. The van der Waals surface area contributed by atoms with Crippen LogP contribution >= 0.6 is 0 Å². The van der Waals surface area contributed by atoms with E-state index in [1.54, 1.807) is 24.0 Å². The normalized spacial score (nSPS) is 18.6. The molecule has 1 amide bonds. The van der Waals surface area contributed by atoms with Crippen LogP contribution in [0.5, 0.6) is 0 Å². The Bertz CT molecular complexity index is 530. The molecule has 6 nitrogen and oxygen atoms in total. The zero-order valence-corrected chi connectivity index (χ0v) is 11.8. The minimum Gasteiger partial charge on any atom is -0.311 e. The van der Waals surface area contributed by atoms with Gasteiger partial charge in [0.05, 0.1) is 11.0 Å². The lowest BCUT2D eigenvalue weighted by atomic mass is 10.1. The van der Waals surface area contributed by atoms with E-state index in [1.807, 2.05) is 0 Å². The molecule has 1 N–H and O–H groups in total. The molecule has 1 aromatic rings. The van der Waals surface area contributed by atoms with Crippen molar-refractivity contribution in [3.63, 3.8) is 0 Å². The summed E-state index contributed by atoms with van der Waals surface area (Å²) in [4.78, 5) is 24.4. The van der Waals surface area contributed by atoms with E-state index in [9.17, 15) is 14.9 Å². The Morgan fingerprint density at radius 2 is 2.25 bits per heavy atom. The first kappa shape index (κ1) is 14.5. The van der Waals surface area contributed by atoms with Crippen LogP contribution in [0.3, 0.4) is 0 Å². The van der Waals surface area contributed by atoms with Gasteiger partial charge in [-0.3, -0.25) is 14.9 Å². The molecule has 1 unspecified atom stereocenters. The quantitative estimate of drug-likeness (QED) is 0.660. The Balaban J connectivity index is 2.15. The lowest BCUT2D eigenvalue weighted by Gasteiger charge is -2.17. The highest BCUT2D eigenvalue weighted by atomic mass is 16.6. The van der Waals surface area contributed by atoms with E-state index >= 15 is 0 Å². The van der Waals surface area contributed by atoms with Gasteiger partial charge >= 0.3 is 0 Å². The molecule has 1 heterocycles. The van der Waals surface area contributed by atoms with E-state index in [4.69, 9.17) is 0 Å². The molecule has 1 saturated heterocycles. The highest BCUT2D eigenvalue weighted by Gasteiger charge is 2.32. The fraction of sp³-hybridized carbons (Fsp3) is 0.500. The van der Waals surface area contributed by atoms with Gasteiger partial charge in [-0.2, -0.15) is 0 Å². The highest BCUT2D eigenvalue weighted by molar-refractivity contribution is 5.99. The van der Waals surface area contributed by atoms with Crippen LogP contribution in [0, 0.1) is 17.0 Å². The highest BCUT2D eigenvalue weighted by Crippen LogP contribution is 2.27. The van der Waals surface area contributed by atoms with Crippen LogP contribution in [0.15, 0.2) is 18.2 Å². The Labute approximate surface area is 117 Å². The second-order valence-electron chi connectivity index (χ2n) is 5.01. The molecule has 1 atom stereocenters. The average Bonchev–Trinajstić information content (AvgIpc) is 2.77. The Morgan fingerprint density at radius 1 is 1.50 bits per heavy atom. The molecule has 0 bridgehead atoms. The molecule has 20 heavy (non-hydrogen) atoms. The van der Waals surface area contributed by atoms with Crippen molar-refractivity contribution in [3.05, 3.63) is 33.9 Å². The number of nitro benzene ring substituents is 1. The third kappa shape index (κ3) is 2.80. The molecular formula is C14H19N3O3. The number of hydrogen-bond acceptors (Lipinski definition) is 4. The Hall–Kier alpha value is -1.95.